The SMILES string of the molecule is Cc1ccc(N2C[C@@H](C(=O)OCC(=O)c3ccc(OC(=O)c4ccc(Br)cc4)cc3)CC2=O)c(C)c1. The Hall–Kier alpha value is -3.78. The first-order valence-electron chi connectivity index (χ1n) is 11.4. The molecule has 1 atom stereocenters. The summed E-state index contributed by atoms with van der Waals surface area (Å²) in [6.45, 7) is 3.68. The molecule has 1 heterocycles. The van der Waals surface area contributed by atoms with Crippen LogP contribution in [0.25, 0.3) is 0 Å². The molecule has 0 bridgehead atoms. The number of amides is 1. The first-order chi connectivity index (χ1) is 17.2. The van der Waals surface area contributed by atoms with Crippen molar-refractivity contribution >= 4 is 45.2 Å². The van der Waals surface area contributed by atoms with E-state index in [1.54, 1.807) is 29.2 Å². The summed E-state index contributed by atoms with van der Waals surface area (Å²) < 4.78 is 11.4. The average molecular weight is 550 g/mol. The standard InChI is InChI=1S/C28H24BrNO6/c1-17-3-12-24(18(2)13-17)30-15-21(14-26(30)32)27(33)35-16-25(31)19-6-10-23(11-7-19)36-28(34)20-4-8-22(29)9-5-20/h3-13,21H,14-16H2,1-2H3/t21-/m0/s1. The minimum atomic E-state index is -0.633. The first kappa shape index (κ1) is 25.3. The number of benzene rings is 3. The second-order valence-corrected chi connectivity index (χ2v) is 9.56. The summed E-state index contributed by atoms with van der Waals surface area (Å²) in [5.74, 6) is -1.99. The van der Waals surface area contributed by atoms with E-state index < -0.39 is 30.2 Å². The van der Waals surface area contributed by atoms with Crippen LogP contribution in [0.5, 0.6) is 5.75 Å². The molecule has 0 unspecified atom stereocenters. The maximum atomic E-state index is 12.6. The van der Waals surface area contributed by atoms with E-state index in [0.29, 0.717) is 11.1 Å². The zero-order valence-corrected chi connectivity index (χ0v) is 21.4. The summed E-state index contributed by atoms with van der Waals surface area (Å²) in [6, 6.07) is 18.5. The third-order valence-electron chi connectivity index (χ3n) is 5.91. The molecule has 0 spiro atoms. The van der Waals surface area contributed by atoms with Crippen LogP contribution in [-0.2, 0) is 14.3 Å². The van der Waals surface area contributed by atoms with Gasteiger partial charge in [-0.15, -0.1) is 0 Å². The second kappa shape index (κ2) is 10.9. The van der Waals surface area contributed by atoms with E-state index in [1.165, 1.54) is 24.3 Å². The molecule has 36 heavy (non-hydrogen) atoms. The Bertz CT molecular complexity index is 1320. The molecule has 4 rings (SSSR count). The number of aryl methyl sites for hydroxylation is 2. The van der Waals surface area contributed by atoms with E-state index in [4.69, 9.17) is 9.47 Å². The van der Waals surface area contributed by atoms with Crippen molar-refractivity contribution in [1.29, 1.82) is 0 Å². The summed E-state index contributed by atoms with van der Waals surface area (Å²) in [5, 5.41) is 0. The molecule has 0 N–H and O–H groups in total. The van der Waals surface area contributed by atoms with Gasteiger partial charge in [-0.1, -0.05) is 33.6 Å². The third kappa shape index (κ3) is 5.88. The van der Waals surface area contributed by atoms with Gasteiger partial charge in [-0.05, 0) is 74.0 Å². The number of carbonyl (C=O) groups is 4. The van der Waals surface area contributed by atoms with Crippen molar-refractivity contribution in [2.75, 3.05) is 18.1 Å². The van der Waals surface area contributed by atoms with Gasteiger partial charge in [0, 0.05) is 28.7 Å². The molecule has 0 aliphatic carbocycles. The van der Waals surface area contributed by atoms with Crippen LogP contribution in [0.4, 0.5) is 5.69 Å². The highest BCUT2D eigenvalue weighted by Gasteiger charge is 2.36. The van der Waals surface area contributed by atoms with Crippen LogP contribution in [0.2, 0.25) is 0 Å². The van der Waals surface area contributed by atoms with Crippen LogP contribution < -0.4 is 9.64 Å². The lowest BCUT2D eigenvalue weighted by Crippen LogP contribution is -2.27. The predicted molar refractivity (Wildman–Crippen MR) is 137 cm³/mol. The zero-order chi connectivity index (χ0) is 25.8. The molecule has 8 heteroatoms. The summed E-state index contributed by atoms with van der Waals surface area (Å²) >= 11 is 3.31. The summed E-state index contributed by atoms with van der Waals surface area (Å²) in [6.07, 6.45) is 0.0404. The van der Waals surface area contributed by atoms with Crippen molar-refractivity contribution in [2.45, 2.75) is 20.3 Å². The molecule has 1 fully saturated rings. The van der Waals surface area contributed by atoms with Gasteiger partial charge in [-0.3, -0.25) is 14.4 Å². The molecule has 3 aromatic rings. The molecule has 1 aliphatic heterocycles. The Morgan fingerprint density at radius 2 is 1.61 bits per heavy atom. The number of hydrogen-bond acceptors (Lipinski definition) is 6. The van der Waals surface area contributed by atoms with Gasteiger partial charge >= 0.3 is 11.9 Å². The molecule has 3 aromatic carbocycles. The Kier molecular flexibility index (Phi) is 7.64. The molecule has 1 aliphatic rings. The molecule has 184 valence electrons. The van der Waals surface area contributed by atoms with Gasteiger partial charge in [0.1, 0.15) is 5.75 Å². The Morgan fingerprint density at radius 3 is 2.28 bits per heavy atom. The number of nitrogens with zero attached hydrogens (tertiary/aromatic N) is 1. The lowest BCUT2D eigenvalue weighted by atomic mass is 10.1. The summed E-state index contributed by atoms with van der Waals surface area (Å²) in [7, 11) is 0. The summed E-state index contributed by atoms with van der Waals surface area (Å²) in [4.78, 5) is 51.4. The lowest BCUT2D eigenvalue weighted by molar-refractivity contribution is -0.147. The molecule has 0 aromatic heterocycles. The van der Waals surface area contributed by atoms with Crippen LogP contribution in [0.15, 0.2) is 71.2 Å². The quantitative estimate of drug-likeness (QED) is 0.232. The maximum Gasteiger partial charge on any atom is 0.343 e. The van der Waals surface area contributed by atoms with Crippen molar-refractivity contribution in [1.82, 2.24) is 0 Å². The topological polar surface area (TPSA) is 90.0 Å². The molecule has 1 saturated heterocycles. The van der Waals surface area contributed by atoms with Crippen molar-refractivity contribution in [3.05, 3.63) is 93.5 Å². The smallest absolute Gasteiger partial charge is 0.343 e. The van der Waals surface area contributed by atoms with E-state index in [-0.39, 0.29) is 24.6 Å². The Balaban J connectivity index is 1.30. The number of esters is 2. The van der Waals surface area contributed by atoms with Gasteiger partial charge in [0.05, 0.1) is 11.5 Å². The van der Waals surface area contributed by atoms with E-state index in [9.17, 15) is 19.2 Å². The number of hydrogen-bond donors (Lipinski definition) is 0. The highest BCUT2D eigenvalue weighted by molar-refractivity contribution is 9.10. The number of rotatable bonds is 7. The number of ketones is 1. The van der Waals surface area contributed by atoms with Crippen LogP contribution in [-0.4, -0.2) is 36.8 Å². The monoisotopic (exact) mass is 549 g/mol. The first-order valence-corrected chi connectivity index (χ1v) is 12.2. The Morgan fingerprint density at radius 1 is 0.944 bits per heavy atom. The van der Waals surface area contributed by atoms with Crippen molar-refractivity contribution in [3.63, 3.8) is 0 Å². The normalized spacial score (nSPS) is 15.0. The van der Waals surface area contributed by atoms with Crippen LogP contribution >= 0.6 is 15.9 Å². The lowest BCUT2D eigenvalue weighted by Gasteiger charge is -2.19. The van der Waals surface area contributed by atoms with Gasteiger partial charge in [0.2, 0.25) is 5.91 Å². The predicted octanol–water partition coefficient (Wildman–Crippen LogP) is 5.06. The fraction of sp³-hybridized carbons (Fsp3) is 0.214. The second-order valence-electron chi connectivity index (χ2n) is 8.65. The van der Waals surface area contributed by atoms with Gasteiger partial charge in [0.15, 0.2) is 12.4 Å². The highest BCUT2D eigenvalue weighted by atomic mass is 79.9. The number of ether oxygens (including phenoxy) is 2. The molecule has 7 nitrogen and oxygen atoms in total. The number of halogens is 1. The largest absolute Gasteiger partial charge is 0.457 e. The average Bonchev–Trinajstić information content (AvgIpc) is 3.24. The van der Waals surface area contributed by atoms with Gasteiger partial charge in [-0.25, -0.2) is 4.79 Å². The summed E-state index contributed by atoms with van der Waals surface area (Å²) in [5.41, 5.74) is 3.53. The van der Waals surface area contributed by atoms with E-state index in [1.807, 2.05) is 32.0 Å². The molecular formula is C28H24BrNO6. The number of carbonyl (C=O) groups excluding carboxylic acids is 4. The highest BCUT2D eigenvalue weighted by Crippen LogP contribution is 2.29. The third-order valence-corrected chi connectivity index (χ3v) is 6.44. The van der Waals surface area contributed by atoms with Crippen molar-refractivity contribution < 1.29 is 28.7 Å². The van der Waals surface area contributed by atoms with Gasteiger partial charge in [-0.2, -0.15) is 0 Å². The molecular weight excluding hydrogens is 526 g/mol. The van der Waals surface area contributed by atoms with Gasteiger partial charge < -0.3 is 14.4 Å². The van der Waals surface area contributed by atoms with Crippen molar-refractivity contribution in [2.24, 2.45) is 5.92 Å². The number of anilines is 1. The van der Waals surface area contributed by atoms with Crippen LogP contribution in [0, 0.1) is 19.8 Å². The fourth-order valence-corrected chi connectivity index (χ4v) is 4.27. The van der Waals surface area contributed by atoms with Crippen molar-refractivity contribution in [3.8, 4) is 5.75 Å². The Labute approximate surface area is 217 Å². The molecule has 1 amide bonds. The van der Waals surface area contributed by atoms with Gasteiger partial charge in [0.25, 0.3) is 0 Å². The molecule has 0 radical (unpaired) electrons. The zero-order valence-electron chi connectivity index (χ0n) is 19.8. The van der Waals surface area contributed by atoms with Crippen LogP contribution in [0.1, 0.15) is 38.3 Å². The fourth-order valence-electron chi connectivity index (χ4n) is 4.01. The van der Waals surface area contributed by atoms with E-state index in [0.717, 1.165) is 21.3 Å². The number of Topliss-reactive ketones (excluding diaryl/α,β-unsaturated/α-hetero) is 1. The van der Waals surface area contributed by atoms with E-state index >= 15 is 0 Å². The minimum Gasteiger partial charge on any atom is -0.457 e. The molecule has 0 saturated carbocycles. The minimum absolute atomic E-state index is 0.0404. The maximum absolute atomic E-state index is 12.6. The van der Waals surface area contributed by atoms with E-state index in [2.05, 4.69) is 15.9 Å². The van der Waals surface area contributed by atoms with Crippen LogP contribution in [0.3, 0.4) is 0 Å².